The lowest BCUT2D eigenvalue weighted by molar-refractivity contribution is -0.0405. The van der Waals surface area contributed by atoms with Gasteiger partial charge in [0, 0.05) is 25.3 Å². The summed E-state index contributed by atoms with van der Waals surface area (Å²) in [5.41, 5.74) is 4.05. The number of aromatic nitrogens is 2. The van der Waals surface area contributed by atoms with Gasteiger partial charge in [-0.2, -0.15) is 10.4 Å². The lowest BCUT2D eigenvalue weighted by Gasteiger charge is -2.33. The van der Waals surface area contributed by atoms with Gasteiger partial charge in [0.1, 0.15) is 0 Å². The van der Waals surface area contributed by atoms with E-state index in [0.29, 0.717) is 0 Å². The Morgan fingerprint density at radius 1 is 1.35 bits per heavy atom. The van der Waals surface area contributed by atoms with Crippen LogP contribution in [0.3, 0.4) is 0 Å². The maximum Gasteiger partial charge on any atom is 0.0995 e. The van der Waals surface area contributed by atoms with Crippen LogP contribution in [-0.4, -0.2) is 40.5 Å². The fraction of sp³-hybridized carbons (Fsp3) is 0.444. The summed E-state index contributed by atoms with van der Waals surface area (Å²) in [7, 11) is 0. The summed E-state index contributed by atoms with van der Waals surface area (Å²) in [6.45, 7) is 8.13. The van der Waals surface area contributed by atoms with Crippen LogP contribution in [0.15, 0.2) is 30.3 Å². The Hall–Kier alpha value is -2.16. The number of benzene rings is 1. The van der Waals surface area contributed by atoms with Gasteiger partial charge in [-0.15, -0.1) is 0 Å². The van der Waals surface area contributed by atoms with Crippen molar-refractivity contribution < 1.29 is 4.74 Å². The van der Waals surface area contributed by atoms with E-state index < -0.39 is 0 Å². The van der Waals surface area contributed by atoms with Crippen molar-refractivity contribution in [1.29, 1.82) is 5.26 Å². The first-order valence-electron chi connectivity index (χ1n) is 7.98. The molecule has 0 saturated carbocycles. The van der Waals surface area contributed by atoms with E-state index in [1.54, 1.807) is 0 Å². The largest absolute Gasteiger partial charge is 0.374 e. The van der Waals surface area contributed by atoms with Crippen molar-refractivity contribution in [3.8, 4) is 6.07 Å². The Morgan fingerprint density at radius 3 is 2.91 bits per heavy atom. The van der Waals surface area contributed by atoms with E-state index in [4.69, 9.17) is 4.74 Å². The topological polar surface area (TPSA) is 54.1 Å². The number of rotatable bonds is 4. The fourth-order valence-corrected chi connectivity index (χ4v) is 3.10. The van der Waals surface area contributed by atoms with Crippen molar-refractivity contribution in [2.75, 3.05) is 19.7 Å². The SMILES string of the molecule is Cc1cc(C)n(C[C@H]2CN(Cc3ccccc3C#N)CCO2)n1. The smallest absolute Gasteiger partial charge is 0.0995 e. The minimum atomic E-state index is 0.135. The Morgan fingerprint density at radius 2 is 2.17 bits per heavy atom. The van der Waals surface area contributed by atoms with Gasteiger partial charge < -0.3 is 4.74 Å². The molecule has 1 aromatic heterocycles. The molecule has 1 aliphatic heterocycles. The second-order valence-electron chi connectivity index (χ2n) is 6.11. The third-order valence-electron chi connectivity index (χ3n) is 4.23. The standard InChI is InChI=1S/C18H22N4O/c1-14-9-15(2)22(20-14)13-18-12-21(7-8-23-18)11-17-6-4-3-5-16(17)10-19/h3-6,9,18H,7-8,11-13H2,1-2H3/t18-/m1/s1. The molecule has 0 radical (unpaired) electrons. The third kappa shape index (κ3) is 3.79. The number of aryl methyl sites for hydroxylation is 2. The zero-order chi connectivity index (χ0) is 16.2. The van der Waals surface area contributed by atoms with Crippen molar-refractivity contribution >= 4 is 0 Å². The van der Waals surface area contributed by atoms with Gasteiger partial charge in [0.05, 0.1) is 36.6 Å². The first kappa shape index (κ1) is 15.7. The van der Waals surface area contributed by atoms with Crippen LogP contribution < -0.4 is 0 Å². The minimum absolute atomic E-state index is 0.135. The predicted molar refractivity (Wildman–Crippen MR) is 87.9 cm³/mol. The molecule has 0 bridgehead atoms. The summed E-state index contributed by atoms with van der Waals surface area (Å²) >= 11 is 0. The second-order valence-corrected chi connectivity index (χ2v) is 6.11. The maximum atomic E-state index is 9.22. The molecule has 2 heterocycles. The van der Waals surface area contributed by atoms with Crippen LogP contribution >= 0.6 is 0 Å². The summed E-state index contributed by atoms with van der Waals surface area (Å²) in [4.78, 5) is 2.36. The van der Waals surface area contributed by atoms with E-state index in [1.165, 1.54) is 0 Å². The highest BCUT2D eigenvalue weighted by molar-refractivity contribution is 5.37. The molecule has 1 atom stereocenters. The molecule has 0 amide bonds. The minimum Gasteiger partial charge on any atom is -0.374 e. The third-order valence-corrected chi connectivity index (χ3v) is 4.23. The molecule has 2 aromatic rings. The Bertz CT molecular complexity index is 716. The summed E-state index contributed by atoms with van der Waals surface area (Å²) in [6.07, 6.45) is 0.135. The van der Waals surface area contributed by atoms with E-state index >= 15 is 0 Å². The summed E-state index contributed by atoms with van der Waals surface area (Å²) < 4.78 is 7.92. The molecule has 0 spiro atoms. The molecule has 0 N–H and O–H groups in total. The van der Waals surface area contributed by atoms with Crippen molar-refractivity contribution in [3.63, 3.8) is 0 Å². The van der Waals surface area contributed by atoms with Gasteiger partial charge in [0.25, 0.3) is 0 Å². The molecule has 23 heavy (non-hydrogen) atoms. The predicted octanol–water partition coefficient (Wildman–Crippen LogP) is 2.27. The molecule has 5 heteroatoms. The van der Waals surface area contributed by atoms with Crippen LogP contribution in [0.4, 0.5) is 0 Å². The van der Waals surface area contributed by atoms with Crippen LogP contribution in [0.1, 0.15) is 22.5 Å². The summed E-state index contributed by atoms with van der Waals surface area (Å²) in [6, 6.07) is 12.2. The van der Waals surface area contributed by atoms with Crippen molar-refractivity contribution in [1.82, 2.24) is 14.7 Å². The quantitative estimate of drug-likeness (QED) is 0.869. The zero-order valence-electron chi connectivity index (χ0n) is 13.7. The fourth-order valence-electron chi connectivity index (χ4n) is 3.10. The van der Waals surface area contributed by atoms with Crippen LogP contribution in [-0.2, 0) is 17.8 Å². The molecular weight excluding hydrogens is 288 g/mol. The van der Waals surface area contributed by atoms with Crippen LogP contribution in [0.25, 0.3) is 0 Å². The molecule has 3 rings (SSSR count). The molecule has 120 valence electrons. The van der Waals surface area contributed by atoms with E-state index in [2.05, 4.69) is 29.1 Å². The number of nitrogens with zero attached hydrogens (tertiary/aromatic N) is 4. The number of hydrogen-bond donors (Lipinski definition) is 0. The molecule has 1 fully saturated rings. The van der Waals surface area contributed by atoms with Crippen LogP contribution in [0.5, 0.6) is 0 Å². The van der Waals surface area contributed by atoms with Gasteiger partial charge in [-0.25, -0.2) is 0 Å². The van der Waals surface area contributed by atoms with E-state index in [9.17, 15) is 5.26 Å². The average Bonchev–Trinajstić information content (AvgIpc) is 2.86. The first-order chi connectivity index (χ1) is 11.2. The highest BCUT2D eigenvalue weighted by Crippen LogP contribution is 2.15. The molecule has 0 aliphatic carbocycles. The summed E-state index contributed by atoms with van der Waals surface area (Å²) in [5.74, 6) is 0. The maximum absolute atomic E-state index is 9.22. The lowest BCUT2D eigenvalue weighted by atomic mass is 10.1. The molecule has 0 unspecified atom stereocenters. The molecule has 1 saturated heterocycles. The Labute approximate surface area is 137 Å². The second kappa shape index (κ2) is 6.95. The molecule has 5 nitrogen and oxygen atoms in total. The van der Waals surface area contributed by atoms with Crippen molar-refractivity contribution in [3.05, 3.63) is 52.8 Å². The van der Waals surface area contributed by atoms with Crippen molar-refractivity contribution in [2.24, 2.45) is 0 Å². The summed E-state index contributed by atoms with van der Waals surface area (Å²) in [5, 5.41) is 13.7. The van der Waals surface area contributed by atoms with Gasteiger partial charge >= 0.3 is 0 Å². The van der Waals surface area contributed by atoms with Crippen LogP contribution in [0, 0.1) is 25.2 Å². The van der Waals surface area contributed by atoms with Gasteiger partial charge in [-0.3, -0.25) is 9.58 Å². The first-order valence-corrected chi connectivity index (χ1v) is 7.98. The monoisotopic (exact) mass is 310 g/mol. The van der Waals surface area contributed by atoms with Crippen molar-refractivity contribution in [2.45, 2.75) is 33.0 Å². The highest BCUT2D eigenvalue weighted by atomic mass is 16.5. The van der Waals surface area contributed by atoms with Crippen LogP contribution in [0.2, 0.25) is 0 Å². The van der Waals surface area contributed by atoms with E-state index in [-0.39, 0.29) is 6.10 Å². The molecule has 1 aliphatic rings. The number of hydrogen-bond acceptors (Lipinski definition) is 4. The number of morpholine rings is 1. The number of nitriles is 1. The molecule has 1 aromatic carbocycles. The zero-order valence-corrected chi connectivity index (χ0v) is 13.7. The number of ether oxygens (including phenoxy) is 1. The molecular formula is C18H22N4O. The van der Waals surface area contributed by atoms with Gasteiger partial charge in [-0.1, -0.05) is 18.2 Å². The van der Waals surface area contributed by atoms with Gasteiger partial charge in [0.15, 0.2) is 0 Å². The Kier molecular flexibility index (Phi) is 4.75. The normalized spacial score (nSPS) is 18.7. The highest BCUT2D eigenvalue weighted by Gasteiger charge is 2.22. The van der Waals surface area contributed by atoms with E-state index in [1.807, 2.05) is 35.9 Å². The van der Waals surface area contributed by atoms with E-state index in [0.717, 1.165) is 55.3 Å². The Balaban J connectivity index is 1.64. The van der Waals surface area contributed by atoms with Gasteiger partial charge in [0.2, 0.25) is 0 Å². The van der Waals surface area contributed by atoms with Gasteiger partial charge in [-0.05, 0) is 31.5 Å². The lowest BCUT2D eigenvalue weighted by Crippen LogP contribution is -2.44. The average molecular weight is 310 g/mol.